The number of hydrogen-bond acceptors (Lipinski definition) is 4. The number of rotatable bonds is 6. The topological polar surface area (TPSA) is 87.2 Å². The van der Waals surface area contributed by atoms with Crippen LogP contribution in [-0.4, -0.2) is 54.0 Å². The predicted molar refractivity (Wildman–Crippen MR) is 99.5 cm³/mol. The second-order valence-electron chi connectivity index (χ2n) is 7.11. The molecule has 34 heavy (non-hydrogen) atoms. The maximum absolute atomic E-state index is 14.6. The number of halogens is 7. The molecule has 0 saturated heterocycles. The average molecular weight is 494 g/mol. The highest BCUT2D eigenvalue weighted by Crippen LogP contribution is 2.44. The zero-order valence-electron chi connectivity index (χ0n) is 17.0. The standard InChI is InChI=1S/C20H13F7N2O5/c1-28(3-2-15(31)32)14(30)7-29-12-4-8(16-10(22)5-11(23)17(24)18(16)25)9(21)6-13(12)34-20(26,27)19(29)33/h4-6H,2-3,7H2,1H3,(H,31,32). The second kappa shape index (κ2) is 8.83. The average Bonchev–Trinajstić information content (AvgIpc) is 2.74. The van der Waals surface area contributed by atoms with Crippen LogP contribution in [0.3, 0.4) is 0 Å². The van der Waals surface area contributed by atoms with E-state index in [0.29, 0.717) is 6.07 Å². The summed E-state index contributed by atoms with van der Waals surface area (Å²) in [5.41, 5.74) is -3.20. The van der Waals surface area contributed by atoms with Crippen LogP contribution in [0.1, 0.15) is 6.42 Å². The highest BCUT2D eigenvalue weighted by Gasteiger charge is 2.51. The van der Waals surface area contributed by atoms with Gasteiger partial charge in [0, 0.05) is 31.3 Å². The lowest BCUT2D eigenvalue weighted by Gasteiger charge is -2.34. The molecule has 2 aromatic carbocycles. The number of carbonyl (C=O) groups excluding carboxylic acids is 2. The molecule has 0 radical (unpaired) electrons. The van der Waals surface area contributed by atoms with Gasteiger partial charge in [0.15, 0.2) is 23.2 Å². The Hall–Kier alpha value is -3.84. The number of carbonyl (C=O) groups is 3. The molecule has 1 N–H and O–H groups in total. The van der Waals surface area contributed by atoms with Crippen molar-refractivity contribution >= 4 is 23.5 Å². The fourth-order valence-corrected chi connectivity index (χ4v) is 3.09. The third kappa shape index (κ3) is 4.47. The zero-order valence-corrected chi connectivity index (χ0v) is 17.0. The molecule has 2 amide bonds. The van der Waals surface area contributed by atoms with Gasteiger partial charge in [-0.05, 0) is 6.07 Å². The molecule has 7 nitrogen and oxygen atoms in total. The van der Waals surface area contributed by atoms with Crippen LogP contribution >= 0.6 is 0 Å². The van der Waals surface area contributed by atoms with E-state index in [1.54, 1.807) is 0 Å². The van der Waals surface area contributed by atoms with Crippen molar-refractivity contribution in [2.45, 2.75) is 12.5 Å². The van der Waals surface area contributed by atoms with E-state index in [1.165, 1.54) is 0 Å². The second-order valence-corrected chi connectivity index (χ2v) is 7.11. The molecule has 3 rings (SSSR count). The van der Waals surface area contributed by atoms with Gasteiger partial charge >= 0.3 is 18.0 Å². The van der Waals surface area contributed by atoms with Gasteiger partial charge in [0.1, 0.15) is 18.2 Å². The molecule has 1 aliphatic heterocycles. The van der Waals surface area contributed by atoms with Crippen LogP contribution in [0.2, 0.25) is 0 Å². The third-order valence-electron chi connectivity index (χ3n) is 4.84. The van der Waals surface area contributed by atoms with E-state index < -0.39 is 88.5 Å². The molecule has 0 aliphatic carbocycles. The van der Waals surface area contributed by atoms with Crippen molar-refractivity contribution in [2.24, 2.45) is 0 Å². The summed E-state index contributed by atoms with van der Waals surface area (Å²) >= 11 is 0. The first-order valence-electron chi connectivity index (χ1n) is 9.26. The monoisotopic (exact) mass is 494 g/mol. The lowest BCUT2D eigenvalue weighted by molar-refractivity contribution is -0.193. The summed E-state index contributed by atoms with van der Waals surface area (Å²) in [5, 5.41) is 8.69. The van der Waals surface area contributed by atoms with Gasteiger partial charge in [0.05, 0.1) is 17.7 Å². The summed E-state index contributed by atoms with van der Waals surface area (Å²) in [7, 11) is 1.12. The van der Waals surface area contributed by atoms with E-state index in [1.807, 2.05) is 0 Å². The van der Waals surface area contributed by atoms with E-state index in [0.717, 1.165) is 11.9 Å². The highest BCUT2D eigenvalue weighted by molar-refractivity contribution is 6.05. The third-order valence-corrected chi connectivity index (χ3v) is 4.84. The van der Waals surface area contributed by atoms with Crippen LogP contribution in [0.4, 0.5) is 36.4 Å². The summed E-state index contributed by atoms with van der Waals surface area (Å²) in [4.78, 5) is 36.2. The molecule has 182 valence electrons. The molecule has 0 unspecified atom stereocenters. The Labute approximate surface area is 185 Å². The van der Waals surface area contributed by atoms with Crippen LogP contribution in [0.5, 0.6) is 5.75 Å². The van der Waals surface area contributed by atoms with E-state index in [2.05, 4.69) is 4.74 Å². The van der Waals surface area contributed by atoms with Gasteiger partial charge in [-0.25, -0.2) is 22.0 Å². The summed E-state index contributed by atoms with van der Waals surface area (Å²) in [6, 6.07) is 0.624. The highest BCUT2D eigenvalue weighted by atomic mass is 19.3. The van der Waals surface area contributed by atoms with E-state index in [4.69, 9.17) is 5.11 Å². The molecular formula is C20H13F7N2O5. The molecule has 0 saturated carbocycles. The van der Waals surface area contributed by atoms with E-state index in [9.17, 15) is 45.1 Å². The number of carboxylic acids is 1. The van der Waals surface area contributed by atoms with Gasteiger partial charge in [0.2, 0.25) is 5.91 Å². The Morgan fingerprint density at radius 3 is 2.29 bits per heavy atom. The SMILES string of the molecule is CN(CCC(=O)O)C(=O)CN1C(=O)C(F)(F)Oc2cc(F)c(-c3c(F)cc(F)c(F)c3F)cc21. The van der Waals surface area contributed by atoms with Crippen molar-refractivity contribution in [3.63, 3.8) is 0 Å². The van der Waals surface area contributed by atoms with Crippen molar-refractivity contribution in [1.82, 2.24) is 4.90 Å². The van der Waals surface area contributed by atoms with Gasteiger partial charge in [-0.2, -0.15) is 8.78 Å². The Kier molecular flexibility index (Phi) is 6.44. The van der Waals surface area contributed by atoms with Crippen LogP contribution in [-0.2, 0) is 14.4 Å². The number of alkyl halides is 2. The Bertz CT molecular complexity index is 1200. The minimum Gasteiger partial charge on any atom is -0.481 e. The lowest BCUT2D eigenvalue weighted by atomic mass is 10.0. The summed E-state index contributed by atoms with van der Waals surface area (Å²) in [5.74, 6) is -14.9. The fourth-order valence-electron chi connectivity index (χ4n) is 3.09. The fraction of sp³-hybridized carbons (Fsp3) is 0.250. The van der Waals surface area contributed by atoms with Crippen molar-refractivity contribution in [2.75, 3.05) is 25.0 Å². The molecule has 0 spiro atoms. The maximum Gasteiger partial charge on any atom is 0.482 e. The van der Waals surface area contributed by atoms with E-state index >= 15 is 0 Å². The molecule has 0 bridgehead atoms. The Morgan fingerprint density at radius 2 is 1.68 bits per heavy atom. The van der Waals surface area contributed by atoms with Crippen LogP contribution in [0.15, 0.2) is 18.2 Å². The number of nitrogens with zero attached hydrogens (tertiary/aromatic N) is 2. The number of amides is 2. The predicted octanol–water partition coefficient (Wildman–Crippen LogP) is 3.30. The Morgan fingerprint density at radius 1 is 1.03 bits per heavy atom. The first kappa shape index (κ1) is 24.8. The summed E-state index contributed by atoms with van der Waals surface area (Å²) < 4.78 is 102. The molecular weight excluding hydrogens is 481 g/mol. The minimum absolute atomic E-state index is 0.0683. The molecule has 1 heterocycles. The number of aliphatic carboxylic acids is 1. The van der Waals surface area contributed by atoms with Gasteiger partial charge in [-0.1, -0.05) is 0 Å². The Balaban J connectivity index is 2.10. The van der Waals surface area contributed by atoms with Crippen molar-refractivity contribution in [1.29, 1.82) is 0 Å². The number of anilines is 1. The molecule has 14 heteroatoms. The smallest absolute Gasteiger partial charge is 0.481 e. The molecule has 0 atom stereocenters. The maximum atomic E-state index is 14.6. The minimum atomic E-state index is -4.56. The number of fused-ring (bicyclic) bond motifs is 1. The summed E-state index contributed by atoms with van der Waals surface area (Å²) in [6.07, 6.45) is -5.06. The molecule has 2 aromatic rings. The molecule has 0 aromatic heterocycles. The first-order chi connectivity index (χ1) is 15.7. The van der Waals surface area contributed by atoms with Crippen LogP contribution in [0.25, 0.3) is 11.1 Å². The number of likely N-dealkylation sites (N-methyl/N-ethyl adjacent to an activating group) is 1. The van der Waals surface area contributed by atoms with Crippen LogP contribution < -0.4 is 9.64 Å². The van der Waals surface area contributed by atoms with Gasteiger partial charge < -0.3 is 14.7 Å². The zero-order chi connectivity index (χ0) is 25.5. The number of hydrogen-bond donors (Lipinski definition) is 1. The molecule has 0 fully saturated rings. The van der Waals surface area contributed by atoms with Gasteiger partial charge in [-0.3, -0.25) is 19.3 Å². The van der Waals surface area contributed by atoms with Gasteiger partial charge in [-0.15, -0.1) is 0 Å². The van der Waals surface area contributed by atoms with Crippen molar-refractivity contribution < 1.29 is 55.0 Å². The quantitative estimate of drug-likeness (QED) is 0.379. The van der Waals surface area contributed by atoms with E-state index in [-0.39, 0.29) is 23.6 Å². The number of carboxylic acid groups (broad SMARTS) is 1. The van der Waals surface area contributed by atoms with Crippen molar-refractivity contribution in [3.05, 3.63) is 47.3 Å². The number of ether oxygens (including phenoxy) is 1. The van der Waals surface area contributed by atoms with Crippen molar-refractivity contribution in [3.8, 4) is 16.9 Å². The lowest BCUT2D eigenvalue weighted by Crippen LogP contribution is -2.53. The normalized spacial score (nSPS) is 14.5. The first-order valence-corrected chi connectivity index (χ1v) is 9.26. The van der Waals surface area contributed by atoms with Gasteiger partial charge in [0.25, 0.3) is 0 Å². The molecule has 1 aliphatic rings. The van der Waals surface area contributed by atoms with Crippen LogP contribution in [0, 0.1) is 29.1 Å². The summed E-state index contributed by atoms with van der Waals surface area (Å²) in [6.45, 7) is -1.47. The largest absolute Gasteiger partial charge is 0.482 e. The number of benzene rings is 2.